The zero-order chi connectivity index (χ0) is 22.3. The molecule has 2 heterocycles. The molecule has 2 rings (SSSR count). The lowest BCUT2D eigenvalue weighted by molar-refractivity contribution is -0.127. The van der Waals surface area contributed by atoms with Gasteiger partial charge in [-0.1, -0.05) is 6.92 Å². The number of carbonyl (C=O) groups excluding carboxylic acids is 2. The van der Waals surface area contributed by atoms with E-state index in [9.17, 15) is 9.59 Å². The summed E-state index contributed by atoms with van der Waals surface area (Å²) in [4.78, 5) is 34.6. The monoisotopic (exact) mass is 552 g/mol. The SMILES string of the molecule is CCN1CCCC1CNC(=NCC(=O)N(C)C)NC1CCN(C(=O)OC(C)(C)C)C1.I. The first-order valence-corrected chi connectivity index (χ1v) is 11.1. The van der Waals surface area contributed by atoms with E-state index in [1.807, 2.05) is 20.8 Å². The molecular formula is C21H41IN6O3. The lowest BCUT2D eigenvalue weighted by atomic mass is 10.2. The second-order valence-electron chi connectivity index (χ2n) is 9.31. The molecule has 0 aromatic heterocycles. The van der Waals surface area contributed by atoms with Gasteiger partial charge in [0.15, 0.2) is 5.96 Å². The number of likely N-dealkylation sites (N-methyl/N-ethyl adjacent to an activating group) is 2. The van der Waals surface area contributed by atoms with Gasteiger partial charge in [-0.05, 0) is 53.1 Å². The van der Waals surface area contributed by atoms with Gasteiger partial charge >= 0.3 is 6.09 Å². The minimum absolute atomic E-state index is 0. The summed E-state index contributed by atoms with van der Waals surface area (Å²) in [5.74, 6) is 0.582. The summed E-state index contributed by atoms with van der Waals surface area (Å²) < 4.78 is 5.48. The highest BCUT2D eigenvalue weighted by molar-refractivity contribution is 14.0. The van der Waals surface area contributed by atoms with E-state index in [-0.39, 0.29) is 48.6 Å². The first kappa shape index (κ1) is 27.7. The molecule has 0 bridgehead atoms. The number of carbonyl (C=O) groups is 2. The first-order chi connectivity index (χ1) is 14.1. The molecule has 2 aliphatic heterocycles. The van der Waals surface area contributed by atoms with Crippen molar-refractivity contribution in [1.82, 2.24) is 25.3 Å². The minimum atomic E-state index is -0.504. The Hall–Kier alpha value is -1.30. The highest BCUT2D eigenvalue weighted by atomic mass is 127. The molecule has 2 amide bonds. The maximum atomic E-state index is 12.3. The normalized spacial score (nSPS) is 22.1. The van der Waals surface area contributed by atoms with Crippen LogP contribution in [0.1, 0.15) is 47.0 Å². The molecule has 2 N–H and O–H groups in total. The summed E-state index contributed by atoms with van der Waals surface area (Å²) in [5, 5.41) is 6.84. The molecule has 0 aromatic rings. The topological polar surface area (TPSA) is 89.5 Å². The van der Waals surface area contributed by atoms with Gasteiger partial charge in [0, 0.05) is 45.8 Å². The first-order valence-electron chi connectivity index (χ1n) is 11.1. The van der Waals surface area contributed by atoms with Crippen LogP contribution in [0.3, 0.4) is 0 Å². The summed E-state index contributed by atoms with van der Waals surface area (Å²) in [5.41, 5.74) is -0.504. The lowest BCUT2D eigenvalue weighted by Gasteiger charge is -2.26. The molecule has 0 saturated carbocycles. The van der Waals surface area contributed by atoms with Crippen LogP contribution in [-0.2, 0) is 9.53 Å². The Kier molecular flexibility index (Phi) is 11.3. The van der Waals surface area contributed by atoms with Crippen molar-refractivity contribution >= 4 is 41.9 Å². The number of rotatable bonds is 6. The molecular weight excluding hydrogens is 511 g/mol. The molecule has 9 nitrogen and oxygen atoms in total. The van der Waals surface area contributed by atoms with Gasteiger partial charge in [-0.3, -0.25) is 9.69 Å². The number of nitrogens with zero attached hydrogens (tertiary/aromatic N) is 4. The van der Waals surface area contributed by atoms with Gasteiger partial charge in [-0.15, -0.1) is 24.0 Å². The van der Waals surface area contributed by atoms with Crippen molar-refractivity contribution in [2.45, 2.75) is 64.6 Å². The molecule has 0 radical (unpaired) electrons. The fourth-order valence-corrected chi connectivity index (χ4v) is 3.76. The predicted octanol–water partition coefficient (Wildman–Crippen LogP) is 1.72. The van der Waals surface area contributed by atoms with Crippen molar-refractivity contribution in [3.63, 3.8) is 0 Å². The summed E-state index contributed by atoms with van der Waals surface area (Å²) in [6, 6.07) is 0.553. The van der Waals surface area contributed by atoms with Crippen LogP contribution in [0.5, 0.6) is 0 Å². The van der Waals surface area contributed by atoms with Crippen LogP contribution in [0.4, 0.5) is 4.79 Å². The maximum Gasteiger partial charge on any atom is 0.410 e. The lowest BCUT2D eigenvalue weighted by Crippen LogP contribution is -2.49. The second-order valence-corrected chi connectivity index (χ2v) is 9.31. The molecule has 2 fully saturated rings. The van der Waals surface area contributed by atoms with Crippen molar-refractivity contribution in [1.29, 1.82) is 0 Å². The molecule has 2 saturated heterocycles. The van der Waals surface area contributed by atoms with E-state index in [2.05, 4.69) is 27.4 Å². The Morgan fingerprint density at radius 1 is 1.19 bits per heavy atom. The number of halogens is 1. The average Bonchev–Trinajstić information content (AvgIpc) is 3.31. The largest absolute Gasteiger partial charge is 0.444 e. The van der Waals surface area contributed by atoms with Crippen molar-refractivity contribution in [3.05, 3.63) is 0 Å². The molecule has 0 aliphatic carbocycles. The summed E-state index contributed by atoms with van der Waals surface area (Å²) in [6.07, 6.45) is 2.91. The minimum Gasteiger partial charge on any atom is -0.444 e. The van der Waals surface area contributed by atoms with Gasteiger partial charge in [-0.25, -0.2) is 9.79 Å². The predicted molar refractivity (Wildman–Crippen MR) is 134 cm³/mol. The molecule has 180 valence electrons. The van der Waals surface area contributed by atoms with Crippen LogP contribution in [0.15, 0.2) is 4.99 Å². The number of guanidine groups is 1. The zero-order valence-corrected chi connectivity index (χ0v) is 22.3. The highest BCUT2D eigenvalue weighted by Gasteiger charge is 2.30. The number of likely N-dealkylation sites (tertiary alicyclic amines) is 2. The molecule has 2 atom stereocenters. The Bertz CT molecular complexity index is 623. The van der Waals surface area contributed by atoms with E-state index in [1.54, 1.807) is 19.0 Å². The molecule has 2 unspecified atom stereocenters. The smallest absolute Gasteiger partial charge is 0.410 e. The maximum absolute atomic E-state index is 12.3. The Labute approximate surface area is 204 Å². The van der Waals surface area contributed by atoms with Crippen LogP contribution >= 0.6 is 24.0 Å². The molecule has 2 aliphatic rings. The van der Waals surface area contributed by atoms with Gasteiger partial charge in [0.05, 0.1) is 0 Å². The highest BCUT2D eigenvalue weighted by Crippen LogP contribution is 2.16. The van der Waals surface area contributed by atoms with Gasteiger partial charge in [0.1, 0.15) is 12.1 Å². The van der Waals surface area contributed by atoms with Crippen LogP contribution in [0, 0.1) is 0 Å². The second kappa shape index (κ2) is 12.7. The third-order valence-corrected chi connectivity index (χ3v) is 5.46. The molecule has 31 heavy (non-hydrogen) atoms. The molecule has 0 spiro atoms. The number of hydrogen-bond donors (Lipinski definition) is 2. The van der Waals surface area contributed by atoms with Crippen LogP contribution in [0.25, 0.3) is 0 Å². The summed E-state index contributed by atoms with van der Waals surface area (Å²) >= 11 is 0. The third kappa shape index (κ3) is 9.38. The van der Waals surface area contributed by atoms with E-state index in [0.29, 0.717) is 25.1 Å². The van der Waals surface area contributed by atoms with Gasteiger partial charge in [0.2, 0.25) is 5.91 Å². The van der Waals surface area contributed by atoms with Crippen molar-refractivity contribution in [2.75, 3.05) is 53.4 Å². The Balaban J connectivity index is 0.00000480. The van der Waals surface area contributed by atoms with Crippen molar-refractivity contribution < 1.29 is 14.3 Å². The van der Waals surface area contributed by atoms with E-state index in [1.165, 1.54) is 17.7 Å². The number of hydrogen-bond acceptors (Lipinski definition) is 5. The fraction of sp³-hybridized carbons (Fsp3) is 0.857. The Morgan fingerprint density at radius 2 is 1.90 bits per heavy atom. The Morgan fingerprint density at radius 3 is 2.52 bits per heavy atom. The fourth-order valence-electron chi connectivity index (χ4n) is 3.76. The number of aliphatic imine (C=N–C) groups is 1. The molecule has 10 heteroatoms. The van der Waals surface area contributed by atoms with E-state index in [0.717, 1.165) is 26.1 Å². The molecule has 0 aromatic carbocycles. The van der Waals surface area contributed by atoms with Crippen molar-refractivity contribution in [2.24, 2.45) is 4.99 Å². The van der Waals surface area contributed by atoms with Gasteiger partial charge < -0.3 is 25.2 Å². The number of nitrogens with one attached hydrogen (secondary N) is 2. The average molecular weight is 553 g/mol. The van der Waals surface area contributed by atoms with Crippen molar-refractivity contribution in [3.8, 4) is 0 Å². The zero-order valence-electron chi connectivity index (χ0n) is 19.9. The van der Waals surface area contributed by atoms with Crippen LogP contribution < -0.4 is 10.6 Å². The van der Waals surface area contributed by atoms with E-state index >= 15 is 0 Å². The van der Waals surface area contributed by atoms with Crippen LogP contribution in [-0.4, -0.2) is 104 Å². The quantitative estimate of drug-likeness (QED) is 0.297. The van der Waals surface area contributed by atoms with Crippen LogP contribution in [0.2, 0.25) is 0 Å². The third-order valence-electron chi connectivity index (χ3n) is 5.46. The standard InChI is InChI=1S/C21H40N6O3.HI/c1-7-26-11-8-9-17(26)13-22-19(23-14-18(28)25(5)6)24-16-10-12-27(15-16)20(29)30-21(2,3)4;/h16-17H,7-15H2,1-6H3,(H2,22,23,24);1H. The summed E-state index contributed by atoms with van der Waals surface area (Å²) in [7, 11) is 3.46. The summed E-state index contributed by atoms with van der Waals surface area (Å²) in [6.45, 7) is 12.1. The van der Waals surface area contributed by atoms with Gasteiger partial charge in [-0.2, -0.15) is 0 Å². The number of ether oxygens (including phenoxy) is 1. The number of amides is 2. The van der Waals surface area contributed by atoms with E-state index < -0.39 is 5.60 Å². The van der Waals surface area contributed by atoms with E-state index in [4.69, 9.17) is 4.74 Å². The van der Waals surface area contributed by atoms with Gasteiger partial charge in [0.25, 0.3) is 0 Å².